The van der Waals surface area contributed by atoms with Crippen LogP contribution in [0.3, 0.4) is 0 Å². The van der Waals surface area contributed by atoms with Crippen molar-refractivity contribution >= 4 is 11.7 Å². The Kier molecular flexibility index (Phi) is 3.05. The Labute approximate surface area is 93.9 Å². The lowest BCUT2D eigenvalue weighted by Crippen LogP contribution is -2.51. The van der Waals surface area contributed by atoms with Crippen LogP contribution in [0.4, 0.5) is 5.82 Å². The van der Waals surface area contributed by atoms with E-state index in [1.807, 2.05) is 4.90 Å². The van der Waals surface area contributed by atoms with Crippen LogP contribution in [0.25, 0.3) is 0 Å². The quantitative estimate of drug-likeness (QED) is 0.717. The van der Waals surface area contributed by atoms with Gasteiger partial charge in [-0.1, -0.05) is 0 Å². The van der Waals surface area contributed by atoms with E-state index in [1.54, 1.807) is 18.3 Å². The number of anilines is 1. The maximum atomic E-state index is 11.3. The Morgan fingerprint density at radius 2 is 2.50 bits per heavy atom. The molecule has 1 aliphatic heterocycles. The van der Waals surface area contributed by atoms with Crippen molar-refractivity contribution in [2.75, 3.05) is 11.4 Å². The highest BCUT2D eigenvalue weighted by molar-refractivity contribution is 5.83. The summed E-state index contributed by atoms with van der Waals surface area (Å²) < 4.78 is 0. The summed E-state index contributed by atoms with van der Waals surface area (Å²) in [5.74, 6) is 0.280. The summed E-state index contributed by atoms with van der Waals surface area (Å²) in [4.78, 5) is 17.3. The molecule has 5 heteroatoms. The fourth-order valence-electron chi connectivity index (χ4n) is 1.97. The van der Waals surface area contributed by atoms with Gasteiger partial charge in [0.15, 0.2) is 0 Å². The summed E-state index contributed by atoms with van der Waals surface area (Å²) in [6.45, 7) is 0.589. The Bertz CT molecular complexity index is 369. The monoisotopic (exact) mass is 220 g/mol. The molecule has 5 nitrogen and oxygen atoms in total. The first-order valence-electron chi connectivity index (χ1n) is 5.24. The van der Waals surface area contributed by atoms with Crippen LogP contribution in [0.2, 0.25) is 0 Å². The molecule has 2 unspecified atom stereocenters. The van der Waals surface area contributed by atoms with E-state index in [4.69, 9.17) is 5.73 Å². The summed E-state index contributed by atoms with van der Waals surface area (Å²) in [6, 6.07) is 5.87. The number of nitrogens with two attached hydrogens (primary N) is 1. The predicted octanol–water partition coefficient (Wildman–Crippen LogP) is -0.303. The number of carbonyl (C=O) groups excluding carboxylic acids is 1. The molecule has 0 aromatic carbocycles. The Morgan fingerprint density at radius 1 is 1.69 bits per heavy atom. The zero-order valence-corrected chi connectivity index (χ0v) is 8.84. The van der Waals surface area contributed by atoms with Crippen LogP contribution >= 0.6 is 0 Å². The number of amides is 1. The Hall–Kier alpha value is -1.62. The van der Waals surface area contributed by atoms with E-state index in [1.165, 1.54) is 0 Å². The van der Waals surface area contributed by atoms with Gasteiger partial charge in [0.25, 0.3) is 0 Å². The number of nitrogens with zero attached hydrogens (tertiary/aromatic N) is 2. The summed E-state index contributed by atoms with van der Waals surface area (Å²) in [5, 5.41) is 9.53. The SMILES string of the molecule is NC(=O)C1CC(O)CCN1c1cc[c]cn1. The molecule has 1 aromatic heterocycles. The highest BCUT2D eigenvalue weighted by Crippen LogP contribution is 2.22. The van der Waals surface area contributed by atoms with Crippen LogP contribution < -0.4 is 10.6 Å². The lowest BCUT2D eigenvalue weighted by Gasteiger charge is -2.36. The minimum absolute atomic E-state index is 0.371. The molecule has 3 N–H and O–H groups in total. The largest absolute Gasteiger partial charge is 0.393 e. The molecular formula is C11H14N3O2. The third-order valence-electron chi connectivity index (χ3n) is 2.80. The van der Waals surface area contributed by atoms with E-state index in [0.29, 0.717) is 25.2 Å². The average Bonchev–Trinajstić information content (AvgIpc) is 2.30. The van der Waals surface area contributed by atoms with Gasteiger partial charge in [-0.15, -0.1) is 0 Å². The first-order valence-corrected chi connectivity index (χ1v) is 5.24. The van der Waals surface area contributed by atoms with Gasteiger partial charge >= 0.3 is 0 Å². The molecular weight excluding hydrogens is 206 g/mol. The van der Waals surface area contributed by atoms with Crippen LogP contribution in [-0.4, -0.2) is 34.7 Å². The lowest BCUT2D eigenvalue weighted by atomic mass is 9.99. The van der Waals surface area contributed by atoms with Crippen LogP contribution in [0.15, 0.2) is 18.3 Å². The van der Waals surface area contributed by atoms with E-state index in [9.17, 15) is 9.90 Å². The molecule has 1 aliphatic rings. The number of hydrogen-bond acceptors (Lipinski definition) is 4. The molecule has 2 heterocycles. The van der Waals surface area contributed by atoms with Gasteiger partial charge in [0.2, 0.25) is 5.91 Å². The molecule has 85 valence electrons. The highest BCUT2D eigenvalue weighted by atomic mass is 16.3. The van der Waals surface area contributed by atoms with Gasteiger partial charge < -0.3 is 15.7 Å². The second-order valence-corrected chi connectivity index (χ2v) is 3.91. The van der Waals surface area contributed by atoms with Crippen molar-refractivity contribution in [2.24, 2.45) is 5.73 Å². The van der Waals surface area contributed by atoms with E-state index >= 15 is 0 Å². The summed E-state index contributed by atoms with van der Waals surface area (Å²) in [5.41, 5.74) is 5.33. The first kappa shape index (κ1) is 10.9. The number of aliphatic hydroxyl groups excluding tert-OH is 1. The van der Waals surface area contributed by atoms with Gasteiger partial charge in [-0.2, -0.15) is 0 Å². The number of rotatable bonds is 2. The van der Waals surface area contributed by atoms with E-state index in [2.05, 4.69) is 11.1 Å². The second-order valence-electron chi connectivity index (χ2n) is 3.91. The third kappa shape index (κ3) is 2.14. The van der Waals surface area contributed by atoms with Crippen LogP contribution in [0, 0.1) is 6.07 Å². The molecule has 2 rings (SSSR count). The van der Waals surface area contributed by atoms with E-state index < -0.39 is 18.1 Å². The van der Waals surface area contributed by atoms with Crippen molar-refractivity contribution < 1.29 is 9.90 Å². The van der Waals surface area contributed by atoms with Crippen molar-refractivity contribution in [2.45, 2.75) is 25.0 Å². The Balaban J connectivity index is 2.22. The number of hydrogen-bond donors (Lipinski definition) is 2. The van der Waals surface area contributed by atoms with Crippen LogP contribution in [-0.2, 0) is 4.79 Å². The van der Waals surface area contributed by atoms with Crippen molar-refractivity contribution in [1.82, 2.24) is 4.98 Å². The first-order chi connectivity index (χ1) is 7.68. The maximum absolute atomic E-state index is 11.3. The molecule has 0 saturated carbocycles. The zero-order valence-electron chi connectivity index (χ0n) is 8.84. The minimum Gasteiger partial charge on any atom is -0.393 e. The molecule has 0 spiro atoms. The van der Waals surface area contributed by atoms with Crippen molar-refractivity contribution in [1.29, 1.82) is 0 Å². The smallest absolute Gasteiger partial charge is 0.240 e. The van der Waals surface area contributed by atoms with Gasteiger partial charge in [-0.25, -0.2) is 4.98 Å². The van der Waals surface area contributed by atoms with Gasteiger partial charge in [0.05, 0.1) is 6.10 Å². The minimum atomic E-state index is -0.473. The molecule has 1 radical (unpaired) electrons. The molecule has 1 aromatic rings. The number of aromatic nitrogens is 1. The van der Waals surface area contributed by atoms with Gasteiger partial charge in [-0.05, 0) is 18.6 Å². The lowest BCUT2D eigenvalue weighted by molar-refractivity contribution is -0.120. The summed E-state index contributed by atoms with van der Waals surface area (Å²) in [7, 11) is 0. The molecule has 0 bridgehead atoms. The normalized spacial score (nSPS) is 25.4. The van der Waals surface area contributed by atoms with Gasteiger partial charge in [0.1, 0.15) is 11.9 Å². The van der Waals surface area contributed by atoms with Crippen molar-refractivity contribution in [3.8, 4) is 0 Å². The number of carbonyl (C=O) groups is 1. The van der Waals surface area contributed by atoms with Crippen LogP contribution in [0.5, 0.6) is 0 Å². The van der Waals surface area contributed by atoms with Crippen LogP contribution in [0.1, 0.15) is 12.8 Å². The molecule has 16 heavy (non-hydrogen) atoms. The zero-order chi connectivity index (χ0) is 11.5. The number of primary amides is 1. The van der Waals surface area contributed by atoms with Crippen molar-refractivity contribution in [3.63, 3.8) is 0 Å². The standard InChI is InChI=1S/C11H14N3O2/c12-11(16)9-7-8(15)4-6-14(9)10-3-1-2-5-13-10/h1,3,5,8-9,15H,4,6-7H2,(H2,12,16). The van der Waals surface area contributed by atoms with E-state index in [0.717, 1.165) is 0 Å². The number of pyridine rings is 1. The topological polar surface area (TPSA) is 79.5 Å². The molecule has 1 fully saturated rings. The average molecular weight is 220 g/mol. The molecule has 0 aliphatic carbocycles. The van der Waals surface area contributed by atoms with Crippen molar-refractivity contribution in [3.05, 3.63) is 24.4 Å². The third-order valence-corrected chi connectivity index (χ3v) is 2.80. The Morgan fingerprint density at radius 3 is 3.12 bits per heavy atom. The molecule has 1 saturated heterocycles. The fourth-order valence-corrected chi connectivity index (χ4v) is 1.97. The second kappa shape index (κ2) is 4.49. The maximum Gasteiger partial charge on any atom is 0.240 e. The predicted molar refractivity (Wildman–Crippen MR) is 58.6 cm³/mol. The fraction of sp³-hybridized carbons (Fsp3) is 0.455. The number of aliphatic hydroxyl groups is 1. The molecule has 1 amide bonds. The summed E-state index contributed by atoms with van der Waals surface area (Å²) in [6.07, 6.45) is 2.10. The molecule has 2 atom stereocenters. The summed E-state index contributed by atoms with van der Waals surface area (Å²) >= 11 is 0. The van der Waals surface area contributed by atoms with Gasteiger partial charge in [0, 0.05) is 25.2 Å². The highest BCUT2D eigenvalue weighted by Gasteiger charge is 2.31. The number of piperidine rings is 1. The van der Waals surface area contributed by atoms with Gasteiger partial charge in [-0.3, -0.25) is 4.79 Å². The van der Waals surface area contributed by atoms with E-state index in [-0.39, 0.29) is 0 Å².